The van der Waals surface area contributed by atoms with Crippen LogP contribution in [0.3, 0.4) is 0 Å². The molecule has 0 bridgehead atoms. The van der Waals surface area contributed by atoms with Crippen molar-refractivity contribution in [3.8, 4) is 0 Å². The van der Waals surface area contributed by atoms with E-state index in [4.69, 9.17) is 13.3 Å². The van der Waals surface area contributed by atoms with Crippen LogP contribution in [0.15, 0.2) is 0 Å². The van der Waals surface area contributed by atoms with Gasteiger partial charge in [-0.1, -0.05) is 71.1 Å². The topological polar surface area (TPSA) is 47.9 Å². The van der Waals surface area contributed by atoms with Crippen molar-refractivity contribution in [2.75, 3.05) is 20.8 Å². The summed E-state index contributed by atoms with van der Waals surface area (Å²) in [4.78, 5) is 9.66. The second-order valence-electron chi connectivity index (χ2n) is 5.32. The first kappa shape index (κ1) is 20.1. The molecule has 0 atom stereocenters. The Morgan fingerprint density at radius 3 is 1.50 bits per heavy atom. The van der Waals surface area contributed by atoms with Crippen LogP contribution < -0.4 is 0 Å². The molecular weight excluding hydrogens is 272 g/mol. The van der Waals surface area contributed by atoms with Crippen LogP contribution in [0.5, 0.6) is 0 Å². The maximum atomic E-state index is 9.66. The van der Waals surface area contributed by atoms with Gasteiger partial charge in [-0.3, -0.25) is 0 Å². The minimum atomic E-state index is -3.29. The standard InChI is InChI=1S/C15H34O4Si/c1-4-5-6-7-8-9-10-11-12-13-14-15-19-20(16,17-2)18-3/h16H,4-15H2,1-3H3. The Hall–Kier alpha value is 0.0569. The van der Waals surface area contributed by atoms with E-state index < -0.39 is 9.05 Å². The van der Waals surface area contributed by atoms with Crippen LogP contribution in [-0.4, -0.2) is 34.7 Å². The lowest BCUT2D eigenvalue weighted by molar-refractivity contribution is 0.0222. The zero-order valence-electron chi connectivity index (χ0n) is 13.7. The second-order valence-corrected chi connectivity index (χ2v) is 7.47. The predicted octanol–water partition coefficient (Wildman–Crippen LogP) is 4.03. The molecule has 0 rings (SSSR count). The normalized spacial score (nSPS) is 12.0. The van der Waals surface area contributed by atoms with Gasteiger partial charge >= 0.3 is 9.05 Å². The highest BCUT2D eigenvalue weighted by molar-refractivity contribution is 6.51. The van der Waals surface area contributed by atoms with Crippen molar-refractivity contribution in [1.82, 2.24) is 0 Å². The van der Waals surface area contributed by atoms with Crippen molar-refractivity contribution in [1.29, 1.82) is 0 Å². The highest BCUT2D eigenvalue weighted by Gasteiger charge is 2.38. The molecule has 0 aromatic heterocycles. The summed E-state index contributed by atoms with van der Waals surface area (Å²) in [5.74, 6) is 0. The van der Waals surface area contributed by atoms with Gasteiger partial charge in [-0.05, 0) is 6.42 Å². The van der Waals surface area contributed by atoms with E-state index in [2.05, 4.69) is 6.92 Å². The maximum Gasteiger partial charge on any atom is 0.676 e. The van der Waals surface area contributed by atoms with E-state index in [-0.39, 0.29) is 0 Å². The molecule has 0 aliphatic rings. The molecule has 1 N–H and O–H groups in total. The van der Waals surface area contributed by atoms with Crippen LogP contribution in [0.1, 0.15) is 77.6 Å². The summed E-state index contributed by atoms with van der Waals surface area (Å²) >= 11 is 0. The second kappa shape index (κ2) is 14.0. The van der Waals surface area contributed by atoms with Crippen LogP contribution >= 0.6 is 0 Å². The van der Waals surface area contributed by atoms with Gasteiger partial charge in [0.1, 0.15) is 0 Å². The van der Waals surface area contributed by atoms with Crippen molar-refractivity contribution in [2.45, 2.75) is 77.6 Å². The molecule has 0 saturated carbocycles. The van der Waals surface area contributed by atoms with Crippen molar-refractivity contribution in [3.05, 3.63) is 0 Å². The fourth-order valence-corrected chi connectivity index (χ4v) is 2.97. The molecule has 0 heterocycles. The SMILES string of the molecule is CCCCCCCCCCCCCO[Si](O)(OC)OC. The fraction of sp³-hybridized carbons (Fsp3) is 1.00. The minimum Gasteiger partial charge on any atom is -0.367 e. The van der Waals surface area contributed by atoms with Crippen molar-refractivity contribution >= 4 is 9.05 Å². The molecule has 5 heteroatoms. The Kier molecular flexibility index (Phi) is 14.1. The highest BCUT2D eigenvalue weighted by Crippen LogP contribution is 2.11. The minimum absolute atomic E-state index is 0.515. The molecule has 0 radical (unpaired) electrons. The quantitative estimate of drug-likeness (QED) is 0.366. The van der Waals surface area contributed by atoms with Gasteiger partial charge in [0.2, 0.25) is 0 Å². The first-order valence-electron chi connectivity index (χ1n) is 8.15. The number of hydrogen-bond donors (Lipinski definition) is 1. The molecular formula is C15H34O4Si. The van der Waals surface area contributed by atoms with E-state index in [0.29, 0.717) is 6.61 Å². The summed E-state index contributed by atoms with van der Waals surface area (Å²) in [5, 5.41) is 0. The monoisotopic (exact) mass is 306 g/mol. The molecule has 122 valence electrons. The highest BCUT2D eigenvalue weighted by atomic mass is 28.4. The maximum absolute atomic E-state index is 9.66. The lowest BCUT2D eigenvalue weighted by Gasteiger charge is -2.18. The Morgan fingerprint density at radius 1 is 0.700 bits per heavy atom. The van der Waals surface area contributed by atoms with Crippen LogP contribution in [0, 0.1) is 0 Å². The number of rotatable bonds is 15. The average molecular weight is 307 g/mol. The lowest BCUT2D eigenvalue weighted by atomic mass is 10.1. The summed E-state index contributed by atoms with van der Waals surface area (Å²) in [6, 6.07) is 0. The summed E-state index contributed by atoms with van der Waals surface area (Å²) < 4.78 is 14.9. The van der Waals surface area contributed by atoms with Gasteiger partial charge in [0.25, 0.3) is 0 Å². The fourth-order valence-electron chi connectivity index (χ4n) is 2.17. The third-order valence-electron chi connectivity index (χ3n) is 3.55. The van der Waals surface area contributed by atoms with Gasteiger partial charge in [-0.25, -0.2) is 0 Å². The third-order valence-corrected chi connectivity index (χ3v) is 5.15. The van der Waals surface area contributed by atoms with Gasteiger partial charge in [0.05, 0.1) is 0 Å². The lowest BCUT2D eigenvalue weighted by Crippen LogP contribution is -2.44. The zero-order chi connectivity index (χ0) is 15.1. The third kappa shape index (κ3) is 11.8. The van der Waals surface area contributed by atoms with Crippen molar-refractivity contribution in [2.24, 2.45) is 0 Å². The molecule has 0 aromatic carbocycles. The predicted molar refractivity (Wildman–Crippen MR) is 84.4 cm³/mol. The Bertz CT molecular complexity index is 198. The first-order chi connectivity index (χ1) is 9.68. The molecule has 0 aliphatic carbocycles. The van der Waals surface area contributed by atoms with Crippen LogP contribution in [0.2, 0.25) is 0 Å². The summed E-state index contributed by atoms with van der Waals surface area (Å²) in [7, 11) is -0.469. The van der Waals surface area contributed by atoms with E-state index in [1.807, 2.05) is 0 Å². The van der Waals surface area contributed by atoms with Crippen LogP contribution in [0.25, 0.3) is 0 Å². The van der Waals surface area contributed by atoms with Crippen LogP contribution in [0.4, 0.5) is 0 Å². The average Bonchev–Trinajstić information content (AvgIpc) is 2.48. The molecule has 0 spiro atoms. The van der Waals surface area contributed by atoms with E-state index in [0.717, 1.165) is 12.8 Å². The summed E-state index contributed by atoms with van der Waals surface area (Å²) in [5.41, 5.74) is 0. The molecule has 0 aliphatic heterocycles. The Morgan fingerprint density at radius 2 is 1.10 bits per heavy atom. The van der Waals surface area contributed by atoms with Crippen molar-refractivity contribution in [3.63, 3.8) is 0 Å². The molecule has 0 unspecified atom stereocenters. The largest absolute Gasteiger partial charge is 0.676 e. The van der Waals surface area contributed by atoms with Gasteiger partial charge in [0, 0.05) is 20.8 Å². The van der Waals surface area contributed by atoms with E-state index in [1.54, 1.807) is 0 Å². The molecule has 0 aromatic rings. The smallest absolute Gasteiger partial charge is 0.367 e. The number of unbranched alkanes of at least 4 members (excludes halogenated alkanes) is 10. The molecule has 0 saturated heterocycles. The summed E-state index contributed by atoms with van der Waals surface area (Å²) in [6.07, 6.45) is 14.3. The van der Waals surface area contributed by atoms with Gasteiger partial charge in [0.15, 0.2) is 0 Å². The van der Waals surface area contributed by atoms with Gasteiger partial charge < -0.3 is 18.1 Å². The van der Waals surface area contributed by atoms with Crippen molar-refractivity contribution < 1.29 is 18.1 Å². The Labute approximate surface area is 126 Å². The summed E-state index contributed by atoms with van der Waals surface area (Å²) in [6.45, 7) is 2.77. The molecule has 20 heavy (non-hydrogen) atoms. The Balaban J connectivity index is 3.17. The van der Waals surface area contributed by atoms with E-state index in [1.165, 1.54) is 72.0 Å². The van der Waals surface area contributed by atoms with E-state index in [9.17, 15) is 4.80 Å². The molecule has 0 fully saturated rings. The van der Waals surface area contributed by atoms with E-state index >= 15 is 0 Å². The molecule has 4 nitrogen and oxygen atoms in total. The van der Waals surface area contributed by atoms with Gasteiger partial charge in [-0.2, -0.15) is 0 Å². The molecule has 0 amide bonds. The van der Waals surface area contributed by atoms with Crippen LogP contribution in [-0.2, 0) is 13.3 Å². The van der Waals surface area contributed by atoms with Gasteiger partial charge in [-0.15, -0.1) is 0 Å². The number of hydrogen-bond acceptors (Lipinski definition) is 4. The zero-order valence-corrected chi connectivity index (χ0v) is 14.7. The first-order valence-corrected chi connectivity index (χ1v) is 9.82.